The van der Waals surface area contributed by atoms with Gasteiger partial charge < -0.3 is 0 Å². The molecule has 1 rings (SSSR count). The number of hydrogen-bond donors (Lipinski definition) is 0. The van der Waals surface area contributed by atoms with Crippen molar-refractivity contribution < 1.29 is 0 Å². The lowest BCUT2D eigenvalue weighted by Gasteiger charge is -2.03. The minimum atomic E-state index is 1.23. The third-order valence-corrected chi connectivity index (χ3v) is 4.49. The smallest absolute Gasteiger partial charge is 0.0231 e. The van der Waals surface area contributed by atoms with Crippen molar-refractivity contribution >= 4 is 5.57 Å². The van der Waals surface area contributed by atoms with E-state index in [-0.39, 0.29) is 0 Å². The number of rotatable bonds is 13. The quantitative estimate of drug-likeness (QED) is 0.326. The summed E-state index contributed by atoms with van der Waals surface area (Å²) < 4.78 is 0. The lowest BCUT2D eigenvalue weighted by molar-refractivity contribution is 0.550. The highest BCUT2D eigenvalue weighted by atomic mass is 14.0. The summed E-state index contributed by atoms with van der Waals surface area (Å²) in [6.07, 6.45) is 19.3. The van der Waals surface area contributed by atoms with Crippen LogP contribution in [0.2, 0.25) is 0 Å². The summed E-state index contributed by atoms with van der Waals surface area (Å²) in [6.45, 7) is 4.52. The molecular formula is C22H36. The van der Waals surface area contributed by atoms with Crippen molar-refractivity contribution in [1.29, 1.82) is 0 Å². The van der Waals surface area contributed by atoms with Crippen molar-refractivity contribution in [2.75, 3.05) is 0 Å². The summed E-state index contributed by atoms with van der Waals surface area (Å²) in [5, 5.41) is 0. The van der Waals surface area contributed by atoms with E-state index >= 15 is 0 Å². The topological polar surface area (TPSA) is 0 Å². The monoisotopic (exact) mass is 300 g/mol. The fraction of sp³-hybridized carbons (Fsp3) is 0.636. The molecule has 1 aromatic rings. The molecule has 0 radical (unpaired) electrons. The van der Waals surface area contributed by atoms with E-state index in [0.717, 1.165) is 0 Å². The molecule has 1 aromatic carbocycles. The van der Waals surface area contributed by atoms with Crippen molar-refractivity contribution in [1.82, 2.24) is 0 Å². The average Bonchev–Trinajstić information content (AvgIpc) is 2.56. The van der Waals surface area contributed by atoms with Gasteiger partial charge in [-0.05, 0) is 30.9 Å². The standard InChI is InChI=1S/C22H36/c1-3-4-5-6-7-8-9-10-11-12-13-15-18-21(2)22-19-16-14-17-20-22/h14,16-20H,3-13,15H2,1-2H3/b21-18-. The first-order valence-electron chi connectivity index (χ1n) is 9.56. The molecule has 0 saturated carbocycles. The maximum Gasteiger partial charge on any atom is -0.0231 e. The third kappa shape index (κ3) is 9.82. The molecule has 0 amide bonds. The Balaban J connectivity index is 1.91. The van der Waals surface area contributed by atoms with Gasteiger partial charge in [0.1, 0.15) is 0 Å². The van der Waals surface area contributed by atoms with Gasteiger partial charge in [0, 0.05) is 0 Å². The van der Waals surface area contributed by atoms with Crippen LogP contribution in [0.1, 0.15) is 96.5 Å². The zero-order chi connectivity index (χ0) is 15.9. The average molecular weight is 301 g/mol. The Morgan fingerprint density at radius 3 is 1.77 bits per heavy atom. The van der Waals surface area contributed by atoms with E-state index in [2.05, 4.69) is 50.3 Å². The Morgan fingerprint density at radius 2 is 1.23 bits per heavy atom. The molecule has 0 N–H and O–H groups in total. The summed E-state index contributed by atoms with van der Waals surface area (Å²) in [5.74, 6) is 0. The Bertz CT molecular complexity index is 374. The van der Waals surface area contributed by atoms with Crippen molar-refractivity contribution in [3.63, 3.8) is 0 Å². The first-order valence-corrected chi connectivity index (χ1v) is 9.56. The van der Waals surface area contributed by atoms with Gasteiger partial charge in [-0.3, -0.25) is 0 Å². The predicted octanol–water partition coefficient (Wildman–Crippen LogP) is 7.79. The maximum atomic E-state index is 2.41. The molecule has 0 spiro atoms. The van der Waals surface area contributed by atoms with Gasteiger partial charge in [0.05, 0.1) is 0 Å². The molecule has 0 bridgehead atoms. The van der Waals surface area contributed by atoms with Gasteiger partial charge in [0.2, 0.25) is 0 Å². The van der Waals surface area contributed by atoms with Gasteiger partial charge in [-0.15, -0.1) is 0 Å². The van der Waals surface area contributed by atoms with Crippen LogP contribution in [0.3, 0.4) is 0 Å². The zero-order valence-electron chi connectivity index (χ0n) is 14.9. The first-order chi connectivity index (χ1) is 10.8. The van der Waals surface area contributed by atoms with Gasteiger partial charge in [-0.25, -0.2) is 0 Å². The summed E-state index contributed by atoms with van der Waals surface area (Å²) in [7, 11) is 0. The van der Waals surface area contributed by atoms with Crippen molar-refractivity contribution in [3.05, 3.63) is 42.0 Å². The largest absolute Gasteiger partial charge is 0.0810 e. The van der Waals surface area contributed by atoms with Crippen LogP contribution in [0.5, 0.6) is 0 Å². The van der Waals surface area contributed by atoms with E-state index in [4.69, 9.17) is 0 Å². The number of benzene rings is 1. The highest BCUT2D eigenvalue weighted by Gasteiger charge is 1.95. The Labute approximate surface area is 139 Å². The van der Waals surface area contributed by atoms with Crippen molar-refractivity contribution in [2.45, 2.75) is 90.9 Å². The van der Waals surface area contributed by atoms with Crippen molar-refractivity contribution in [3.8, 4) is 0 Å². The molecule has 0 unspecified atom stereocenters. The SMILES string of the molecule is CCCCCCCCCCCCC/C=C(/C)c1ccccc1. The van der Waals surface area contributed by atoms with Crippen LogP contribution in [0, 0.1) is 0 Å². The van der Waals surface area contributed by atoms with Crippen LogP contribution in [0.4, 0.5) is 0 Å². The van der Waals surface area contributed by atoms with E-state index in [1.807, 2.05) is 0 Å². The second-order valence-electron chi connectivity index (χ2n) is 6.58. The summed E-state index contributed by atoms with van der Waals surface area (Å²) >= 11 is 0. The molecule has 0 aromatic heterocycles. The zero-order valence-corrected chi connectivity index (χ0v) is 14.9. The molecule has 0 aliphatic carbocycles. The van der Waals surface area contributed by atoms with E-state index in [9.17, 15) is 0 Å². The molecule has 0 heteroatoms. The van der Waals surface area contributed by atoms with Crippen molar-refractivity contribution in [2.24, 2.45) is 0 Å². The lowest BCUT2D eigenvalue weighted by Crippen LogP contribution is -1.82. The molecule has 0 aliphatic rings. The highest BCUT2D eigenvalue weighted by Crippen LogP contribution is 2.16. The summed E-state index contributed by atoms with van der Waals surface area (Å²) in [6, 6.07) is 10.7. The van der Waals surface area contributed by atoms with E-state index in [1.54, 1.807) is 0 Å². The fourth-order valence-electron chi connectivity index (χ4n) is 2.95. The second kappa shape index (κ2) is 13.6. The maximum absolute atomic E-state index is 2.41. The molecule has 0 heterocycles. The minimum Gasteiger partial charge on any atom is -0.0810 e. The second-order valence-corrected chi connectivity index (χ2v) is 6.58. The first kappa shape index (κ1) is 19.0. The fourth-order valence-corrected chi connectivity index (χ4v) is 2.95. The van der Waals surface area contributed by atoms with Gasteiger partial charge in [0.15, 0.2) is 0 Å². The number of allylic oxidation sites excluding steroid dienone is 2. The van der Waals surface area contributed by atoms with E-state index in [1.165, 1.54) is 88.2 Å². The normalized spacial score (nSPS) is 11.8. The summed E-state index contributed by atoms with van der Waals surface area (Å²) in [4.78, 5) is 0. The highest BCUT2D eigenvalue weighted by molar-refractivity contribution is 5.63. The number of unbranched alkanes of at least 4 members (excludes halogenated alkanes) is 11. The Kier molecular flexibility index (Phi) is 11.8. The van der Waals surface area contributed by atoms with Gasteiger partial charge in [0.25, 0.3) is 0 Å². The summed E-state index contributed by atoms with van der Waals surface area (Å²) in [5.41, 5.74) is 2.79. The van der Waals surface area contributed by atoms with Gasteiger partial charge in [-0.1, -0.05) is 108 Å². The predicted molar refractivity (Wildman–Crippen MR) is 101 cm³/mol. The lowest BCUT2D eigenvalue weighted by atomic mass is 10.0. The van der Waals surface area contributed by atoms with Crippen LogP contribution < -0.4 is 0 Å². The van der Waals surface area contributed by atoms with E-state index < -0.39 is 0 Å². The minimum absolute atomic E-state index is 1.23. The van der Waals surface area contributed by atoms with Gasteiger partial charge in [-0.2, -0.15) is 0 Å². The molecule has 124 valence electrons. The molecular weight excluding hydrogens is 264 g/mol. The Morgan fingerprint density at radius 1 is 0.727 bits per heavy atom. The third-order valence-electron chi connectivity index (χ3n) is 4.49. The van der Waals surface area contributed by atoms with Gasteiger partial charge >= 0.3 is 0 Å². The van der Waals surface area contributed by atoms with Crippen LogP contribution >= 0.6 is 0 Å². The molecule has 0 atom stereocenters. The number of hydrogen-bond acceptors (Lipinski definition) is 0. The molecule has 22 heavy (non-hydrogen) atoms. The molecule has 0 fully saturated rings. The van der Waals surface area contributed by atoms with Crippen LogP contribution in [-0.2, 0) is 0 Å². The van der Waals surface area contributed by atoms with Crippen LogP contribution in [-0.4, -0.2) is 0 Å². The van der Waals surface area contributed by atoms with Crippen LogP contribution in [0.25, 0.3) is 5.57 Å². The molecule has 0 saturated heterocycles. The molecule has 0 nitrogen and oxygen atoms in total. The Hall–Kier alpha value is -1.04. The van der Waals surface area contributed by atoms with E-state index in [0.29, 0.717) is 0 Å². The molecule has 0 aliphatic heterocycles. The van der Waals surface area contributed by atoms with Crippen LogP contribution in [0.15, 0.2) is 36.4 Å².